The maximum atomic E-state index is 11.9. The number of rotatable bonds is 3. The summed E-state index contributed by atoms with van der Waals surface area (Å²) in [7, 11) is 0. The fourth-order valence-corrected chi connectivity index (χ4v) is 2.03. The fourth-order valence-electron chi connectivity index (χ4n) is 2.03. The number of nitro benzene ring substituents is 1. The predicted molar refractivity (Wildman–Crippen MR) is 73.1 cm³/mol. The summed E-state index contributed by atoms with van der Waals surface area (Å²) in [6, 6.07) is 5.56. The van der Waals surface area contributed by atoms with Crippen LogP contribution in [0, 0.1) is 16.0 Å². The molecule has 6 heteroatoms. The number of phenolic OH excluding ortho intramolecular Hbond substituents is 2. The first kappa shape index (κ1) is 13.8. The lowest BCUT2D eigenvalue weighted by Gasteiger charge is -2.08. The third-order valence-electron chi connectivity index (χ3n) is 3.06. The zero-order valence-electron chi connectivity index (χ0n) is 11.0. The molecule has 0 aliphatic heterocycles. The van der Waals surface area contributed by atoms with Crippen molar-refractivity contribution in [2.45, 2.75) is 13.8 Å². The second kappa shape index (κ2) is 4.80. The normalized spacial score (nSPS) is 10.9. The highest BCUT2D eigenvalue weighted by molar-refractivity contribution is 6.03. The Balaban J connectivity index is 2.75. The van der Waals surface area contributed by atoms with Crippen LogP contribution < -0.4 is 0 Å². The number of hydrogen-bond donors (Lipinski definition) is 2. The predicted octanol–water partition coefficient (Wildman–Crippen LogP) is 3.00. The third-order valence-corrected chi connectivity index (χ3v) is 3.06. The second-order valence-electron chi connectivity index (χ2n) is 4.80. The zero-order valence-corrected chi connectivity index (χ0v) is 11.0. The highest BCUT2D eigenvalue weighted by Crippen LogP contribution is 2.41. The van der Waals surface area contributed by atoms with E-state index in [1.54, 1.807) is 13.8 Å². The molecule has 0 heterocycles. The molecule has 20 heavy (non-hydrogen) atoms. The van der Waals surface area contributed by atoms with Crippen LogP contribution in [-0.4, -0.2) is 20.9 Å². The second-order valence-corrected chi connectivity index (χ2v) is 4.80. The molecule has 2 aromatic rings. The smallest absolute Gasteiger partial charge is 0.322 e. The Morgan fingerprint density at radius 2 is 1.90 bits per heavy atom. The number of fused-ring (bicyclic) bond motifs is 1. The quantitative estimate of drug-likeness (QED) is 0.388. The minimum absolute atomic E-state index is 0.0953. The highest BCUT2D eigenvalue weighted by atomic mass is 16.6. The topological polar surface area (TPSA) is 101 Å². The number of phenols is 2. The van der Waals surface area contributed by atoms with Crippen LogP contribution in [0.1, 0.15) is 24.2 Å². The summed E-state index contributed by atoms with van der Waals surface area (Å²) in [5, 5.41) is 30.6. The van der Waals surface area contributed by atoms with Gasteiger partial charge in [0.25, 0.3) is 0 Å². The van der Waals surface area contributed by atoms with Gasteiger partial charge in [-0.1, -0.05) is 19.9 Å². The number of aromatic hydroxyl groups is 2. The van der Waals surface area contributed by atoms with Crippen molar-refractivity contribution in [2.24, 2.45) is 5.92 Å². The van der Waals surface area contributed by atoms with Crippen LogP contribution in [0.2, 0.25) is 0 Å². The monoisotopic (exact) mass is 275 g/mol. The van der Waals surface area contributed by atoms with Gasteiger partial charge in [-0.25, -0.2) is 0 Å². The van der Waals surface area contributed by atoms with E-state index < -0.39 is 22.1 Å². The van der Waals surface area contributed by atoms with E-state index in [0.29, 0.717) is 10.9 Å². The molecule has 0 aliphatic carbocycles. The molecule has 0 saturated carbocycles. The molecular weight excluding hydrogens is 262 g/mol. The molecule has 104 valence electrons. The Morgan fingerprint density at radius 3 is 2.45 bits per heavy atom. The van der Waals surface area contributed by atoms with Gasteiger partial charge in [-0.05, 0) is 23.6 Å². The van der Waals surface area contributed by atoms with Crippen molar-refractivity contribution >= 4 is 22.2 Å². The molecule has 0 aromatic heterocycles. The molecule has 0 saturated heterocycles. The molecule has 2 N–H and O–H groups in total. The van der Waals surface area contributed by atoms with E-state index in [1.165, 1.54) is 24.3 Å². The van der Waals surface area contributed by atoms with E-state index in [-0.39, 0.29) is 17.1 Å². The van der Waals surface area contributed by atoms with E-state index in [9.17, 15) is 25.1 Å². The molecule has 0 fully saturated rings. The molecule has 0 spiro atoms. The molecule has 0 bridgehead atoms. The summed E-state index contributed by atoms with van der Waals surface area (Å²) in [6.07, 6.45) is 0. The molecular formula is C14H13NO5. The maximum absolute atomic E-state index is 11.9. The minimum Gasteiger partial charge on any atom is -0.504 e. The average molecular weight is 275 g/mol. The molecule has 6 nitrogen and oxygen atoms in total. The maximum Gasteiger partial charge on any atom is 0.322 e. The molecule has 0 atom stereocenters. The van der Waals surface area contributed by atoms with Gasteiger partial charge in [0.15, 0.2) is 11.5 Å². The first-order chi connectivity index (χ1) is 9.32. The SMILES string of the molecule is CC(C)C(=O)c1ccc2c([N+](=O)[O-])c(O)c(O)cc2c1. The van der Waals surface area contributed by atoms with Crippen molar-refractivity contribution in [3.8, 4) is 11.5 Å². The number of carbonyl (C=O) groups excluding carboxylic acids is 1. The summed E-state index contributed by atoms with van der Waals surface area (Å²) in [6.45, 7) is 3.51. The van der Waals surface area contributed by atoms with Gasteiger partial charge in [-0.2, -0.15) is 0 Å². The fraction of sp³-hybridized carbons (Fsp3) is 0.214. The number of hydrogen-bond acceptors (Lipinski definition) is 5. The number of Topliss-reactive ketones (excluding diaryl/α,β-unsaturated/α-hetero) is 1. The van der Waals surface area contributed by atoms with Gasteiger partial charge in [0.2, 0.25) is 5.75 Å². The standard InChI is InChI=1S/C14H13NO5/c1-7(2)13(17)8-3-4-10-9(5-8)6-11(16)14(18)12(10)15(19)20/h3-7,16,18H,1-2H3. The minimum atomic E-state index is -0.773. The van der Waals surface area contributed by atoms with Crippen molar-refractivity contribution in [1.82, 2.24) is 0 Å². The zero-order chi connectivity index (χ0) is 15.0. The van der Waals surface area contributed by atoms with Gasteiger partial charge < -0.3 is 10.2 Å². The van der Waals surface area contributed by atoms with Gasteiger partial charge in [-0.3, -0.25) is 14.9 Å². The lowest BCUT2D eigenvalue weighted by molar-refractivity contribution is -0.384. The third kappa shape index (κ3) is 2.16. The lowest BCUT2D eigenvalue weighted by Crippen LogP contribution is -2.07. The number of benzene rings is 2. The molecule has 0 amide bonds. The summed E-state index contributed by atoms with van der Waals surface area (Å²) < 4.78 is 0. The van der Waals surface area contributed by atoms with E-state index >= 15 is 0 Å². The first-order valence-electron chi connectivity index (χ1n) is 6.00. The van der Waals surface area contributed by atoms with Gasteiger partial charge in [0.05, 0.1) is 10.3 Å². The molecule has 0 aliphatic rings. The summed E-state index contributed by atoms with van der Waals surface area (Å²) in [5.41, 5.74) is -0.157. The van der Waals surface area contributed by atoms with E-state index in [0.717, 1.165) is 0 Å². The van der Waals surface area contributed by atoms with Crippen molar-refractivity contribution < 1.29 is 19.9 Å². The molecule has 0 radical (unpaired) electrons. The average Bonchev–Trinajstić information content (AvgIpc) is 2.38. The van der Waals surface area contributed by atoms with Crippen LogP contribution in [0.4, 0.5) is 5.69 Å². The van der Waals surface area contributed by atoms with E-state index in [2.05, 4.69) is 0 Å². The largest absolute Gasteiger partial charge is 0.504 e. The number of ketones is 1. The van der Waals surface area contributed by atoms with E-state index in [4.69, 9.17) is 0 Å². The molecule has 0 unspecified atom stereocenters. The van der Waals surface area contributed by atoms with Crippen molar-refractivity contribution in [1.29, 1.82) is 0 Å². The van der Waals surface area contributed by atoms with Crippen LogP contribution in [0.3, 0.4) is 0 Å². The number of nitrogens with zero attached hydrogens (tertiary/aromatic N) is 1. The van der Waals surface area contributed by atoms with Crippen LogP contribution in [-0.2, 0) is 0 Å². The number of nitro groups is 1. The molecule has 2 rings (SSSR count). The van der Waals surface area contributed by atoms with Crippen molar-refractivity contribution in [3.63, 3.8) is 0 Å². The Morgan fingerprint density at radius 1 is 1.25 bits per heavy atom. The first-order valence-corrected chi connectivity index (χ1v) is 6.00. The van der Waals surface area contributed by atoms with Crippen LogP contribution in [0.5, 0.6) is 11.5 Å². The van der Waals surface area contributed by atoms with Crippen molar-refractivity contribution in [2.75, 3.05) is 0 Å². The van der Waals surface area contributed by atoms with Crippen LogP contribution >= 0.6 is 0 Å². The summed E-state index contributed by atoms with van der Waals surface area (Å²) >= 11 is 0. The Kier molecular flexibility index (Phi) is 3.31. The summed E-state index contributed by atoms with van der Waals surface area (Å²) in [5.74, 6) is -1.65. The van der Waals surface area contributed by atoms with E-state index in [1.807, 2.05) is 0 Å². The number of carbonyl (C=O) groups is 1. The molecule has 2 aromatic carbocycles. The Bertz CT molecular complexity index is 721. The highest BCUT2D eigenvalue weighted by Gasteiger charge is 2.23. The van der Waals surface area contributed by atoms with Gasteiger partial charge in [0, 0.05) is 11.5 Å². The van der Waals surface area contributed by atoms with Crippen LogP contribution in [0.15, 0.2) is 24.3 Å². The van der Waals surface area contributed by atoms with Crippen molar-refractivity contribution in [3.05, 3.63) is 39.9 Å². The van der Waals surface area contributed by atoms with Crippen LogP contribution in [0.25, 0.3) is 10.8 Å². The Hall–Kier alpha value is -2.63. The van der Waals surface area contributed by atoms with Gasteiger partial charge in [-0.15, -0.1) is 0 Å². The van der Waals surface area contributed by atoms with Gasteiger partial charge in [0.1, 0.15) is 0 Å². The van der Waals surface area contributed by atoms with Gasteiger partial charge >= 0.3 is 5.69 Å². The Labute approximate surface area is 114 Å². The summed E-state index contributed by atoms with van der Waals surface area (Å²) in [4.78, 5) is 22.1. The lowest BCUT2D eigenvalue weighted by atomic mass is 9.97.